The molecule has 0 saturated carbocycles. The Kier molecular flexibility index (Phi) is 3.55. The van der Waals surface area contributed by atoms with Crippen molar-refractivity contribution in [2.75, 3.05) is 5.01 Å². The summed E-state index contributed by atoms with van der Waals surface area (Å²) < 4.78 is 0. The number of rotatable bonds is 5. The number of aliphatic carboxylic acids is 1. The third kappa shape index (κ3) is 2.65. The van der Waals surface area contributed by atoms with Gasteiger partial charge in [0, 0.05) is 0 Å². The van der Waals surface area contributed by atoms with Crippen molar-refractivity contribution < 1.29 is 19.9 Å². The molecule has 9 heteroatoms. The number of para-hydroxylation sites is 1. The zero-order chi connectivity index (χ0) is 13.0. The highest BCUT2D eigenvalue weighted by Gasteiger charge is 2.44. The van der Waals surface area contributed by atoms with Crippen molar-refractivity contribution in [3.05, 3.63) is 50.6 Å². The second-order valence-corrected chi connectivity index (χ2v) is 2.92. The Hall–Kier alpha value is -2.71. The van der Waals surface area contributed by atoms with Gasteiger partial charge in [-0.2, -0.15) is 0 Å². The molecule has 0 spiro atoms. The summed E-state index contributed by atoms with van der Waals surface area (Å²) in [6.45, 7) is 0. The molecule has 9 nitrogen and oxygen atoms in total. The quantitative estimate of drug-likeness (QED) is 0.448. The molecule has 0 radical (unpaired) electrons. The van der Waals surface area contributed by atoms with Crippen LogP contribution in [-0.4, -0.2) is 27.2 Å². The van der Waals surface area contributed by atoms with Crippen LogP contribution in [0.1, 0.15) is 0 Å². The van der Waals surface area contributed by atoms with Crippen LogP contribution >= 0.6 is 0 Å². The first-order valence-corrected chi connectivity index (χ1v) is 4.30. The van der Waals surface area contributed by atoms with Crippen LogP contribution in [0.25, 0.3) is 0 Å². The zero-order valence-corrected chi connectivity index (χ0v) is 8.29. The normalized spacial score (nSPS) is 11.5. The number of carbonyl (C=O) groups is 1. The van der Waals surface area contributed by atoms with Crippen molar-refractivity contribution in [3.63, 3.8) is 0 Å². The lowest BCUT2D eigenvalue weighted by Gasteiger charge is -2.14. The van der Waals surface area contributed by atoms with E-state index >= 15 is 0 Å². The summed E-state index contributed by atoms with van der Waals surface area (Å²) in [4.78, 5) is 30.7. The molecule has 1 aromatic carbocycles. The maximum Gasteiger partial charge on any atom is 0.435 e. The van der Waals surface area contributed by atoms with E-state index in [1.165, 1.54) is 24.3 Å². The van der Waals surface area contributed by atoms with Crippen LogP contribution in [0.15, 0.2) is 30.3 Å². The Balaban J connectivity index is 3.22. The number of hydrazine groups is 1. The zero-order valence-electron chi connectivity index (χ0n) is 8.29. The molecule has 17 heavy (non-hydrogen) atoms. The summed E-state index contributed by atoms with van der Waals surface area (Å²) in [7, 11) is 0. The van der Waals surface area contributed by atoms with Gasteiger partial charge >= 0.3 is 12.1 Å². The predicted octanol–water partition coefficient (Wildman–Crippen LogP) is 0.372. The second kappa shape index (κ2) is 4.88. The largest absolute Gasteiger partial charge is 0.474 e. The van der Waals surface area contributed by atoms with Gasteiger partial charge in [-0.15, -0.1) is 0 Å². The first-order chi connectivity index (χ1) is 7.95. The number of carboxylic acids is 1. The molecule has 1 unspecified atom stereocenters. The molecule has 0 heterocycles. The lowest BCUT2D eigenvalue weighted by atomic mass is 10.3. The van der Waals surface area contributed by atoms with Gasteiger partial charge in [0.1, 0.15) is 5.69 Å². The standard InChI is InChI=1S/C8H7N3O6/c12-8(13)7(10(14)15)9(11(16)17)6-4-2-1-3-5-6/h1-5,7H,(H,12,13). The van der Waals surface area contributed by atoms with E-state index in [-0.39, 0.29) is 10.7 Å². The lowest BCUT2D eigenvalue weighted by Crippen LogP contribution is -2.50. The molecule has 0 aromatic heterocycles. The van der Waals surface area contributed by atoms with E-state index in [1.807, 2.05) is 0 Å². The fraction of sp³-hybridized carbons (Fsp3) is 0.125. The van der Waals surface area contributed by atoms with E-state index in [9.17, 15) is 25.0 Å². The monoisotopic (exact) mass is 241 g/mol. The van der Waals surface area contributed by atoms with Gasteiger partial charge in [0.05, 0.1) is 4.92 Å². The molecule has 1 N–H and O–H groups in total. The SMILES string of the molecule is O=C(O)C(N(c1ccccc1)[N+](=O)[O-])[N+](=O)[O-]. The van der Waals surface area contributed by atoms with Crippen molar-refractivity contribution in [1.29, 1.82) is 0 Å². The lowest BCUT2D eigenvalue weighted by molar-refractivity contribution is -0.589. The van der Waals surface area contributed by atoms with Gasteiger partial charge in [-0.25, -0.2) is 14.9 Å². The van der Waals surface area contributed by atoms with Crippen LogP contribution in [0.3, 0.4) is 0 Å². The molecule has 90 valence electrons. The van der Waals surface area contributed by atoms with Gasteiger partial charge in [-0.1, -0.05) is 18.2 Å². The number of nitrogens with zero attached hydrogens (tertiary/aromatic N) is 3. The average molecular weight is 241 g/mol. The highest BCUT2D eigenvalue weighted by Crippen LogP contribution is 2.17. The molecule has 1 atom stereocenters. The second-order valence-electron chi connectivity index (χ2n) is 2.92. The number of benzene rings is 1. The fourth-order valence-corrected chi connectivity index (χ4v) is 1.19. The Bertz CT molecular complexity index is 434. The van der Waals surface area contributed by atoms with Crippen LogP contribution in [0.4, 0.5) is 5.69 Å². The minimum absolute atomic E-state index is 0.0116. The van der Waals surface area contributed by atoms with E-state index in [0.29, 0.717) is 0 Å². The number of hydrogen-bond donors (Lipinski definition) is 1. The third-order valence-corrected chi connectivity index (χ3v) is 1.85. The molecule has 0 amide bonds. The van der Waals surface area contributed by atoms with Gasteiger partial charge in [0.2, 0.25) is 0 Å². The third-order valence-electron chi connectivity index (χ3n) is 1.85. The summed E-state index contributed by atoms with van der Waals surface area (Å²) in [5, 5.41) is 28.7. The molecule has 0 bridgehead atoms. The van der Waals surface area contributed by atoms with Crippen LogP contribution < -0.4 is 5.01 Å². The summed E-state index contributed by atoms with van der Waals surface area (Å²) in [6.07, 6.45) is -2.47. The van der Waals surface area contributed by atoms with Crippen LogP contribution in [0.5, 0.6) is 0 Å². The van der Waals surface area contributed by atoms with E-state index in [2.05, 4.69) is 0 Å². The molecular formula is C8H7N3O6. The van der Waals surface area contributed by atoms with Crippen molar-refractivity contribution in [1.82, 2.24) is 0 Å². The molecular weight excluding hydrogens is 234 g/mol. The van der Waals surface area contributed by atoms with E-state index in [4.69, 9.17) is 5.11 Å². The summed E-state index contributed by atoms with van der Waals surface area (Å²) in [5.41, 5.74) is -0.179. The first kappa shape index (κ1) is 12.4. The Morgan fingerprint density at radius 1 is 1.24 bits per heavy atom. The Morgan fingerprint density at radius 3 is 2.12 bits per heavy atom. The number of nitro groups is 2. The molecule has 0 aliphatic heterocycles. The Labute approximate surface area is 94.2 Å². The molecule has 0 aliphatic carbocycles. The maximum atomic E-state index is 10.7. The minimum atomic E-state index is -2.47. The van der Waals surface area contributed by atoms with Crippen molar-refractivity contribution in [2.24, 2.45) is 0 Å². The fourth-order valence-electron chi connectivity index (χ4n) is 1.19. The van der Waals surface area contributed by atoms with Crippen LogP contribution in [0.2, 0.25) is 0 Å². The van der Waals surface area contributed by atoms with Crippen LogP contribution in [-0.2, 0) is 4.79 Å². The first-order valence-electron chi connectivity index (χ1n) is 4.30. The van der Waals surface area contributed by atoms with Gasteiger partial charge in [-0.05, 0) is 17.1 Å². The maximum absolute atomic E-state index is 10.7. The predicted molar refractivity (Wildman–Crippen MR) is 54.3 cm³/mol. The molecule has 1 aromatic rings. The number of anilines is 1. The molecule has 0 aliphatic rings. The highest BCUT2D eigenvalue weighted by atomic mass is 16.7. The summed E-state index contributed by atoms with van der Waals surface area (Å²) in [5.74, 6) is -1.91. The summed E-state index contributed by atoms with van der Waals surface area (Å²) >= 11 is 0. The van der Waals surface area contributed by atoms with Gasteiger partial charge in [0.25, 0.3) is 0 Å². The number of carboxylic acid groups (broad SMARTS) is 1. The topological polar surface area (TPSA) is 127 Å². The Morgan fingerprint density at radius 2 is 1.76 bits per heavy atom. The van der Waals surface area contributed by atoms with Gasteiger partial charge in [0.15, 0.2) is 5.03 Å². The molecule has 0 saturated heterocycles. The summed E-state index contributed by atoms with van der Waals surface area (Å²) in [6, 6.07) is 6.78. The minimum Gasteiger partial charge on any atom is -0.474 e. The molecule has 0 fully saturated rings. The van der Waals surface area contributed by atoms with Crippen molar-refractivity contribution >= 4 is 11.7 Å². The van der Waals surface area contributed by atoms with Crippen molar-refractivity contribution in [2.45, 2.75) is 6.17 Å². The highest BCUT2D eigenvalue weighted by molar-refractivity contribution is 5.75. The number of hydrogen-bond acceptors (Lipinski definition) is 5. The van der Waals surface area contributed by atoms with E-state index < -0.39 is 22.1 Å². The van der Waals surface area contributed by atoms with Gasteiger partial charge < -0.3 is 5.11 Å². The smallest absolute Gasteiger partial charge is 0.435 e. The van der Waals surface area contributed by atoms with E-state index in [1.54, 1.807) is 6.07 Å². The van der Waals surface area contributed by atoms with E-state index in [0.717, 1.165) is 0 Å². The van der Waals surface area contributed by atoms with Gasteiger partial charge in [-0.3, -0.25) is 10.1 Å². The van der Waals surface area contributed by atoms with Crippen LogP contribution in [0, 0.1) is 20.2 Å². The average Bonchev–Trinajstić information content (AvgIpc) is 2.25. The van der Waals surface area contributed by atoms with Crippen molar-refractivity contribution in [3.8, 4) is 0 Å². The molecule has 1 rings (SSSR count).